The van der Waals surface area contributed by atoms with Crippen LogP contribution in [-0.2, 0) is 11.3 Å². The highest BCUT2D eigenvalue weighted by molar-refractivity contribution is 5.80. The topological polar surface area (TPSA) is 69.4 Å². The maximum absolute atomic E-state index is 13.9. The fourth-order valence-corrected chi connectivity index (χ4v) is 3.92. The Labute approximate surface area is 141 Å². The molecule has 128 valence electrons. The minimum Gasteiger partial charge on any atom is -0.377 e. The molecule has 0 radical (unpaired) electrons. The summed E-state index contributed by atoms with van der Waals surface area (Å²) in [7, 11) is 1.70. The molecule has 24 heavy (non-hydrogen) atoms. The van der Waals surface area contributed by atoms with Crippen LogP contribution < -0.4 is 10.6 Å². The van der Waals surface area contributed by atoms with Crippen LogP contribution >= 0.6 is 0 Å². The Morgan fingerprint density at radius 1 is 1.50 bits per heavy atom. The third-order valence-electron chi connectivity index (χ3n) is 5.24. The molecule has 1 aliphatic carbocycles. The number of aliphatic imine (C=N–C) groups is 1. The number of benzene rings is 1. The lowest BCUT2D eigenvalue weighted by molar-refractivity contribution is -0.106. The van der Waals surface area contributed by atoms with Crippen molar-refractivity contribution in [3.05, 3.63) is 35.1 Å². The van der Waals surface area contributed by atoms with E-state index in [0.29, 0.717) is 29.1 Å². The molecule has 0 spiro atoms. The summed E-state index contributed by atoms with van der Waals surface area (Å²) in [6, 6.07) is 6.67. The molecular formula is C18H23FN4O. The van der Waals surface area contributed by atoms with Crippen LogP contribution in [0.5, 0.6) is 0 Å². The molecule has 1 aliphatic heterocycles. The van der Waals surface area contributed by atoms with Crippen molar-refractivity contribution < 1.29 is 9.13 Å². The van der Waals surface area contributed by atoms with E-state index in [2.05, 4.69) is 29.5 Å². The van der Waals surface area contributed by atoms with Gasteiger partial charge in [0.25, 0.3) is 0 Å². The molecule has 5 nitrogen and oxygen atoms in total. The van der Waals surface area contributed by atoms with Crippen LogP contribution in [0.2, 0.25) is 0 Å². The lowest BCUT2D eigenvalue weighted by atomic mass is 9.57. The largest absolute Gasteiger partial charge is 0.377 e. The second-order valence-electron chi connectivity index (χ2n) is 7.03. The summed E-state index contributed by atoms with van der Waals surface area (Å²) in [5, 5.41) is 15.5. The van der Waals surface area contributed by atoms with Gasteiger partial charge in [-0.25, -0.2) is 4.39 Å². The van der Waals surface area contributed by atoms with Crippen molar-refractivity contribution in [1.29, 1.82) is 5.26 Å². The number of halogens is 1. The highest BCUT2D eigenvalue weighted by Gasteiger charge is 2.59. The third kappa shape index (κ3) is 2.84. The monoisotopic (exact) mass is 330 g/mol. The molecule has 1 heterocycles. The van der Waals surface area contributed by atoms with E-state index in [1.54, 1.807) is 13.1 Å². The van der Waals surface area contributed by atoms with Crippen molar-refractivity contribution in [3.63, 3.8) is 0 Å². The van der Waals surface area contributed by atoms with Gasteiger partial charge in [-0.2, -0.15) is 5.26 Å². The summed E-state index contributed by atoms with van der Waals surface area (Å²) in [5.74, 6) is 0.808. The number of guanidine groups is 1. The summed E-state index contributed by atoms with van der Waals surface area (Å²) in [4.78, 5) is 4.24. The van der Waals surface area contributed by atoms with Crippen molar-refractivity contribution in [1.82, 2.24) is 10.6 Å². The first-order valence-electron chi connectivity index (χ1n) is 8.24. The Bertz CT molecular complexity index is 695. The molecule has 1 aromatic rings. The maximum Gasteiger partial charge on any atom is 0.191 e. The van der Waals surface area contributed by atoms with Gasteiger partial charge in [-0.3, -0.25) is 4.99 Å². The molecule has 3 unspecified atom stereocenters. The molecule has 6 heteroatoms. The van der Waals surface area contributed by atoms with Gasteiger partial charge in [0.1, 0.15) is 5.82 Å². The fraction of sp³-hybridized carbons (Fsp3) is 0.556. The number of nitriles is 1. The Hall–Kier alpha value is -2.13. The Balaban J connectivity index is 1.63. The van der Waals surface area contributed by atoms with E-state index in [4.69, 9.17) is 10.00 Å². The summed E-state index contributed by atoms with van der Waals surface area (Å²) in [6.07, 6.45) is 1.36. The predicted octanol–water partition coefficient (Wildman–Crippen LogP) is 2.18. The van der Waals surface area contributed by atoms with Gasteiger partial charge in [0, 0.05) is 43.1 Å². The summed E-state index contributed by atoms with van der Waals surface area (Å²) < 4.78 is 19.7. The zero-order valence-corrected chi connectivity index (χ0v) is 14.3. The molecular weight excluding hydrogens is 307 g/mol. The molecule has 2 aliphatic rings. The van der Waals surface area contributed by atoms with Gasteiger partial charge in [0.05, 0.1) is 17.7 Å². The lowest BCUT2D eigenvalue weighted by Crippen LogP contribution is -2.67. The van der Waals surface area contributed by atoms with Crippen LogP contribution in [0, 0.1) is 28.5 Å². The van der Waals surface area contributed by atoms with Crippen molar-refractivity contribution in [2.45, 2.75) is 39.0 Å². The van der Waals surface area contributed by atoms with E-state index in [1.807, 2.05) is 6.07 Å². The van der Waals surface area contributed by atoms with E-state index in [0.717, 1.165) is 13.0 Å². The summed E-state index contributed by atoms with van der Waals surface area (Å²) in [5.41, 5.74) is 0.944. The van der Waals surface area contributed by atoms with Gasteiger partial charge < -0.3 is 15.4 Å². The van der Waals surface area contributed by atoms with Crippen LogP contribution in [0.25, 0.3) is 0 Å². The normalized spacial score (nSPS) is 27.8. The number of hydrogen-bond donors (Lipinski definition) is 2. The van der Waals surface area contributed by atoms with Crippen LogP contribution in [0.3, 0.4) is 0 Å². The Morgan fingerprint density at radius 3 is 3.00 bits per heavy atom. The molecule has 2 N–H and O–H groups in total. The highest BCUT2D eigenvalue weighted by atomic mass is 19.1. The number of fused-ring (bicyclic) bond motifs is 1. The molecule has 0 amide bonds. The minimum absolute atomic E-state index is 0.0464. The Kier molecular flexibility index (Phi) is 4.46. The van der Waals surface area contributed by atoms with Crippen LogP contribution in [0.1, 0.15) is 31.4 Å². The van der Waals surface area contributed by atoms with Gasteiger partial charge in [-0.05, 0) is 24.6 Å². The molecule has 3 rings (SSSR count). The number of nitrogens with one attached hydrogen (secondary N) is 2. The quantitative estimate of drug-likeness (QED) is 0.658. The van der Waals surface area contributed by atoms with Gasteiger partial charge in [-0.15, -0.1) is 0 Å². The zero-order chi connectivity index (χ0) is 17.3. The number of rotatable bonds is 3. The fourth-order valence-electron chi connectivity index (χ4n) is 3.92. The minimum atomic E-state index is -0.329. The molecule has 0 aromatic heterocycles. The van der Waals surface area contributed by atoms with E-state index in [-0.39, 0.29) is 23.8 Å². The maximum atomic E-state index is 13.9. The number of ether oxygens (including phenoxy) is 1. The molecule has 1 aromatic carbocycles. The first-order chi connectivity index (χ1) is 11.5. The van der Waals surface area contributed by atoms with Crippen molar-refractivity contribution in [2.75, 3.05) is 13.7 Å². The van der Waals surface area contributed by atoms with Crippen LogP contribution in [-0.4, -0.2) is 31.8 Å². The molecule has 0 bridgehead atoms. The van der Waals surface area contributed by atoms with Crippen molar-refractivity contribution in [3.8, 4) is 6.07 Å². The smallest absolute Gasteiger partial charge is 0.191 e. The first-order valence-corrected chi connectivity index (χ1v) is 8.24. The lowest BCUT2D eigenvalue weighted by Gasteiger charge is -2.54. The van der Waals surface area contributed by atoms with Gasteiger partial charge in [0.15, 0.2) is 5.96 Å². The second kappa shape index (κ2) is 6.40. The zero-order valence-electron chi connectivity index (χ0n) is 14.3. The van der Waals surface area contributed by atoms with Crippen LogP contribution in [0.15, 0.2) is 23.2 Å². The van der Waals surface area contributed by atoms with Gasteiger partial charge >= 0.3 is 0 Å². The van der Waals surface area contributed by atoms with Gasteiger partial charge in [0.2, 0.25) is 0 Å². The standard InChI is InChI=1S/C18H23FN4O/c1-18(2)15(13-6-7-24-16(13)18)23-17(21-3)22-10-12-8-11(9-20)4-5-14(12)19/h4-5,8,13,15-16H,6-7,10H2,1-3H3,(H2,21,22,23). The summed E-state index contributed by atoms with van der Waals surface area (Å²) in [6.45, 7) is 5.48. The van der Waals surface area contributed by atoms with E-state index in [9.17, 15) is 4.39 Å². The molecule has 2 fully saturated rings. The average Bonchev–Trinajstić information content (AvgIpc) is 3.03. The van der Waals surface area contributed by atoms with E-state index >= 15 is 0 Å². The molecule has 1 saturated carbocycles. The highest BCUT2D eigenvalue weighted by Crippen LogP contribution is 2.52. The van der Waals surface area contributed by atoms with E-state index < -0.39 is 0 Å². The second-order valence-corrected chi connectivity index (χ2v) is 7.03. The van der Waals surface area contributed by atoms with Crippen LogP contribution in [0.4, 0.5) is 4.39 Å². The van der Waals surface area contributed by atoms with Crippen molar-refractivity contribution >= 4 is 5.96 Å². The summed E-state index contributed by atoms with van der Waals surface area (Å²) >= 11 is 0. The SMILES string of the molecule is CN=C(NCc1cc(C#N)ccc1F)NC1C2CCOC2C1(C)C. The van der Waals surface area contributed by atoms with E-state index in [1.165, 1.54) is 12.1 Å². The first kappa shape index (κ1) is 16.7. The Morgan fingerprint density at radius 2 is 2.29 bits per heavy atom. The van der Waals surface area contributed by atoms with Crippen molar-refractivity contribution in [2.24, 2.45) is 16.3 Å². The average molecular weight is 330 g/mol. The predicted molar refractivity (Wildman–Crippen MR) is 89.9 cm³/mol. The molecule has 3 atom stereocenters. The number of hydrogen-bond acceptors (Lipinski definition) is 3. The molecule has 1 saturated heterocycles. The van der Waals surface area contributed by atoms with Gasteiger partial charge in [-0.1, -0.05) is 13.8 Å². The third-order valence-corrected chi connectivity index (χ3v) is 5.24. The number of nitrogens with zero attached hydrogens (tertiary/aromatic N) is 2.